The molecular formula is C8H14BN. The Morgan fingerprint density at radius 2 is 1.90 bits per heavy atom. The molecule has 0 fully saturated rings. The quantitative estimate of drug-likeness (QED) is 0.458. The third kappa shape index (κ3) is 2.88. The molecule has 0 spiro atoms. The summed E-state index contributed by atoms with van der Waals surface area (Å²) in [5.74, 6) is 0. The lowest BCUT2D eigenvalue weighted by Crippen LogP contribution is -2.41. The SMILES string of the molecule is [B]C(N)(CC(=C)C)C(=C)C. The Morgan fingerprint density at radius 3 is 2.00 bits per heavy atom. The Labute approximate surface area is 64.4 Å². The van der Waals surface area contributed by atoms with E-state index in [4.69, 9.17) is 13.6 Å². The van der Waals surface area contributed by atoms with Crippen LogP contribution in [0.3, 0.4) is 0 Å². The van der Waals surface area contributed by atoms with Crippen LogP contribution >= 0.6 is 0 Å². The van der Waals surface area contributed by atoms with Gasteiger partial charge in [0.15, 0.2) is 0 Å². The number of hydrogen-bond donors (Lipinski definition) is 1. The van der Waals surface area contributed by atoms with E-state index in [0.717, 1.165) is 11.1 Å². The molecule has 2 N–H and O–H groups in total. The summed E-state index contributed by atoms with van der Waals surface area (Å²) in [7, 11) is 5.68. The molecule has 1 nitrogen and oxygen atoms in total. The monoisotopic (exact) mass is 135 g/mol. The third-order valence-electron chi connectivity index (χ3n) is 1.39. The van der Waals surface area contributed by atoms with Crippen LogP contribution in [0.1, 0.15) is 20.3 Å². The third-order valence-corrected chi connectivity index (χ3v) is 1.39. The maximum atomic E-state index is 5.68. The summed E-state index contributed by atoms with van der Waals surface area (Å²) in [5, 5.41) is 0. The molecule has 0 aromatic carbocycles. The van der Waals surface area contributed by atoms with Crippen molar-refractivity contribution in [2.24, 2.45) is 5.73 Å². The summed E-state index contributed by atoms with van der Waals surface area (Å²) in [6.07, 6.45) is 0.600. The molecule has 0 aromatic heterocycles. The van der Waals surface area contributed by atoms with Crippen molar-refractivity contribution in [3.05, 3.63) is 24.3 Å². The fraction of sp³-hybridized carbons (Fsp3) is 0.500. The number of rotatable bonds is 3. The summed E-state index contributed by atoms with van der Waals surface area (Å²) in [6.45, 7) is 11.1. The van der Waals surface area contributed by atoms with Gasteiger partial charge < -0.3 is 5.73 Å². The topological polar surface area (TPSA) is 26.0 Å². The lowest BCUT2D eigenvalue weighted by molar-refractivity contribution is 0.684. The zero-order chi connectivity index (χ0) is 8.36. The van der Waals surface area contributed by atoms with E-state index >= 15 is 0 Å². The van der Waals surface area contributed by atoms with Crippen molar-refractivity contribution in [1.29, 1.82) is 0 Å². The van der Waals surface area contributed by atoms with Crippen molar-refractivity contribution >= 4 is 7.85 Å². The van der Waals surface area contributed by atoms with Crippen molar-refractivity contribution in [2.45, 2.75) is 25.7 Å². The molecule has 0 saturated heterocycles. The molecular weight excluding hydrogens is 121 g/mol. The number of nitrogens with two attached hydrogens (primary N) is 1. The van der Waals surface area contributed by atoms with E-state index in [-0.39, 0.29) is 0 Å². The van der Waals surface area contributed by atoms with Crippen LogP contribution in [-0.2, 0) is 0 Å². The fourth-order valence-electron chi connectivity index (χ4n) is 0.650. The summed E-state index contributed by atoms with van der Waals surface area (Å²) in [5.41, 5.74) is 6.67. The minimum absolute atomic E-state index is 0.600. The molecule has 0 amide bonds. The van der Waals surface area contributed by atoms with Crippen LogP contribution in [0.5, 0.6) is 0 Å². The van der Waals surface area contributed by atoms with Gasteiger partial charge in [-0.3, -0.25) is 0 Å². The number of hydrogen-bond acceptors (Lipinski definition) is 1. The maximum Gasteiger partial charge on any atom is 0.102 e. The second-order valence-electron chi connectivity index (χ2n) is 2.95. The van der Waals surface area contributed by atoms with Crippen LogP contribution in [-0.4, -0.2) is 13.3 Å². The summed E-state index contributed by atoms with van der Waals surface area (Å²) >= 11 is 0. The van der Waals surface area contributed by atoms with Crippen molar-refractivity contribution < 1.29 is 0 Å². The molecule has 1 unspecified atom stereocenters. The Morgan fingerprint density at radius 1 is 1.50 bits per heavy atom. The van der Waals surface area contributed by atoms with E-state index in [9.17, 15) is 0 Å². The van der Waals surface area contributed by atoms with Crippen LogP contribution in [0, 0.1) is 0 Å². The molecule has 1 atom stereocenters. The van der Waals surface area contributed by atoms with Gasteiger partial charge in [0.2, 0.25) is 0 Å². The van der Waals surface area contributed by atoms with E-state index in [0.29, 0.717) is 6.42 Å². The molecule has 2 heteroatoms. The highest BCUT2D eigenvalue weighted by Gasteiger charge is 2.17. The molecule has 10 heavy (non-hydrogen) atoms. The van der Waals surface area contributed by atoms with Crippen molar-refractivity contribution in [1.82, 2.24) is 0 Å². The Hall–Kier alpha value is -0.495. The smallest absolute Gasteiger partial charge is 0.102 e. The fourth-order valence-corrected chi connectivity index (χ4v) is 0.650. The molecule has 0 aromatic rings. The van der Waals surface area contributed by atoms with Crippen LogP contribution in [0.25, 0.3) is 0 Å². The second kappa shape index (κ2) is 3.06. The van der Waals surface area contributed by atoms with Crippen LogP contribution in [0.4, 0.5) is 0 Å². The first kappa shape index (κ1) is 9.50. The van der Waals surface area contributed by atoms with E-state index < -0.39 is 5.44 Å². The van der Waals surface area contributed by atoms with Gasteiger partial charge in [0.1, 0.15) is 7.85 Å². The van der Waals surface area contributed by atoms with Gasteiger partial charge in [-0.2, -0.15) is 0 Å². The molecule has 0 aliphatic carbocycles. The molecule has 0 rings (SSSR count). The Bertz CT molecular complexity index is 159. The van der Waals surface area contributed by atoms with Crippen molar-refractivity contribution in [3.63, 3.8) is 0 Å². The second-order valence-corrected chi connectivity index (χ2v) is 2.95. The van der Waals surface area contributed by atoms with Crippen molar-refractivity contribution in [3.8, 4) is 0 Å². The minimum atomic E-state index is -0.772. The molecule has 0 saturated carbocycles. The van der Waals surface area contributed by atoms with Crippen LogP contribution in [0.15, 0.2) is 24.3 Å². The molecule has 2 radical (unpaired) electrons. The lowest BCUT2D eigenvalue weighted by atomic mass is 9.70. The normalized spacial score (nSPS) is 15.9. The Balaban J connectivity index is 4.13. The highest BCUT2D eigenvalue weighted by atomic mass is 14.7. The Kier molecular flexibility index (Phi) is 2.91. The first-order chi connectivity index (χ1) is 4.36. The zero-order valence-electron chi connectivity index (χ0n) is 6.78. The van der Waals surface area contributed by atoms with Gasteiger partial charge in [-0.15, -0.1) is 6.58 Å². The van der Waals surface area contributed by atoms with E-state index in [1.165, 1.54) is 0 Å². The van der Waals surface area contributed by atoms with Crippen LogP contribution < -0.4 is 5.73 Å². The van der Waals surface area contributed by atoms with E-state index in [2.05, 4.69) is 13.2 Å². The van der Waals surface area contributed by atoms with Gasteiger partial charge in [-0.05, 0) is 25.7 Å². The van der Waals surface area contributed by atoms with E-state index in [1.807, 2.05) is 13.8 Å². The molecule has 0 aliphatic rings. The predicted molar refractivity (Wildman–Crippen MR) is 46.9 cm³/mol. The minimum Gasteiger partial charge on any atom is -0.329 e. The molecule has 0 bridgehead atoms. The van der Waals surface area contributed by atoms with Gasteiger partial charge in [0.05, 0.1) is 0 Å². The zero-order valence-corrected chi connectivity index (χ0v) is 6.78. The molecule has 0 aliphatic heterocycles. The lowest BCUT2D eigenvalue weighted by Gasteiger charge is -2.25. The largest absolute Gasteiger partial charge is 0.329 e. The highest BCUT2D eigenvalue weighted by Crippen LogP contribution is 2.15. The van der Waals surface area contributed by atoms with Crippen molar-refractivity contribution in [2.75, 3.05) is 0 Å². The predicted octanol–water partition coefficient (Wildman–Crippen LogP) is 1.35. The summed E-state index contributed by atoms with van der Waals surface area (Å²) < 4.78 is 0. The highest BCUT2D eigenvalue weighted by molar-refractivity contribution is 6.17. The first-order valence-electron chi connectivity index (χ1n) is 3.24. The van der Waals surface area contributed by atoms with Gasteiger partial charge in [-0.1, -0.05) is 17.7 Å². The first-order valence-corrected chi connectivity index (χ1v) is 3.24. The summed E-state index contributed by atoms with van der Waals surface area (Å²) in [4.78, 5) is 0. The van der Waals surface area contributed by atoms with Gasteiger partial charge in [-0.25, -0.2) is 0 Å². The summed E-state index contributed by atoms with van der Waals surface area (Å²) in [6, 6.07) is 0. The average Bonchev–Trinajstić information content (AvgIpc) is 1.60. The van der Waals surface area contributed by atoms with Gasteiger partial charge in [0.25, 0.3) is 0 Å². The standard InChI is InChI=1S/C8H14BN/c1-6(2)5-8(9,10)7(3)4/h1,3,5,10H2,2,4H3. The maximum absolute atomic E-state index is 5.68. The average molecular weight is 135 g/mol. The van der Waals surface area contributed by atoms with Gasteiger partial charge in [0, 0.05) is 0 Å². The van der Waals surface area contributed by atoms with E-state index in [1.54, 1.807) is 0 Å². The van der Waals surface area contributed by atoms with Crippen LogP contribution in [0.2, 0.25) is 0 Å². The molecule has 0 heterocycles. The molecule has 54 valence electrons. The van der Waals surface area contributed by atoms with Gasteiger partial charge >= 0.3 is 0 Å².